The van der Waals surface area contributed by atoms with Gasteiger partial charge in [-0.15, -0.1) is 0 Å². The maximum Gasteiger partial charge on any atom is 0.151 e. The fraction of sp³-hybridized carbons (Fsp3) is 0.600. The van der Waals surface area contributed by atoms with Crippen molar-refractivity contribution in [2.45, 2.75) is 38.0 Å². The third-order valence-corrected chi connectivity index (χ3v) is 5.49. The highest BCUT2D eigenvalue weighted by atomic mass is 32.2. The Balaban J connectivity index is 2.44. The quantitative estimate of drug-likeness (QED) is 0.904. The molecule has 0 aromatic heterocycles. The maximum absolute atomic E-state index is 11.9. The predicted molar refractivity (Wildman–Crippen MR) is 81.0 cm³/mol. The van der Waals surface area contributed by atoms with E-state index in [0.29, 0.717) is 13.2 Å². The molecule has 1 heterocycles. The number of fused-ring (bicyclic) bond motifs is 1. The summed E-state index contributed by atoms with van der Waals surface area (Å²) >= 11 is 0. The first kappa shape index (κ1) is 15.3. The summed E-state index contributed by atoms with van der Waals surface area (Å²) in [6, 6.07) is 5.79. The molecule has 0 amide bonds. The van der Waals surface area contributed by atoms with Gasteiger partial charge in [0.2, 0.25) is 0 Å². The van der Waals surface area contributed by atoms with Crippen LogP contribution in [-0.2, 0) is 16.3 Å². The third-order valence-electron chi connectivity index (χ3n) is 3.87. The average Bonchev–Trinajstić information content (AvgIpc) is 2.42. The molecule has 20 heavy (non-hydrogen) atoms. The van der Waals surface area contributed by atoms with Gasteiger partial charge in [-0.3, -0.25) is 0 Å². The molecule has 5 heteroatoms. The monoisotopic (exact) mass is 297 g/mol. The summed E-state index contributed by atoms with van der Waals surface area (Å²) in [6.07, 6.45) is 3.30. The minimum atomic E-state index is -3.12. The Kier molecular flexibility index (Phi) is 4.70. The molecule has 0 fully saturated rings. The van der Waals surface area contributed by atoms with E-state index in [9.17, 15) is 8.42 Å². The van der Waals surface area contributed by atoms with E-state index < -0.39 is 15.1 Å². The number of hydrogen-bond donors (Lipinski definition) is 1. The number of ether oxygens (including phenoxy) is 1. The van der Waals surface area contributed by atoms with Crippen molar-refractivity contribution in [3.05, 3.63) is 29.3 Å². The smallest absolute Gasteiger partial charge is 0.151 e. The molecule has 0 saturated heterocycles. The van der Waals surface area contributed by atoms with Crippen LogP contribution in [0.1, 0.15) is 37.4 Å². The molecule has 0 bridgehead atoms. The lowest BCUT2D eigenvalue weighted by molar-refractivity contribution is 0.281. The van der Waals surface area contributed by atoms with Crippen molar-refractivity contribution in [3.8, 4) is 5.75 Å². The van der Waals surface area contributed by atoms with Gasteiger partial charge in [0, 0.05) is 11.8 Å². The zero-order valence-electron chi connectivity index (χ0n) is 12.3. The van der Waals surface area contributed by atoms with Crippen LogP contribution in [0.15, 0.2) is 18.2 Å². The van der Waals surface area contributed by atoms with Crippen LogP contribution in [0.25, 0.3) is 0 Å². The van der Waals surface area contributed by atoms with Crippen molar-refractivity contribution in [2.75, 3.05) is 19.4 Å². The summed E-state index contributed by atoms with van der Waals surface area (Å²) in [6.45, 7) is 5.16. The van der Waals surface area contributed by atoms with Gasteiger partial charge >= 0.3 is 0 Å². The van der Waals surface area contributed by atoms with E-state index in [1.165, 1.54) is 11.8 Å². The lowest BCUT2D eigenvalue weighted by atomic mass is 9.96. The van der Waals surface area contributed by atoms with Crippen molar-refractivity contribution in [1.29, 1.82) is 0 Å². The van der Waals surface area contributed by atoms with Crippen molar-refractivity contribution in [3.63, 3.8) is 0 Å². The van der Waals surface area contributed by atoms with Gasteiger partial charge in [0.1, 0.15) is 5.75 Å². The van der Waals surface area contributed by atoms with Crippen LogP contribution in [0.2, 0.25) is 0 Å². The van der Waals surface area contributed by atoms with Crippen LogP contribution in [0.4, 0.5) is 0 Å². The molecule has 0 aliphatic carbocycles. The molecule has 4 nitrogen and oxygen atoms in total. The van der Waals surface area contributed by atoms with Gasteiger partial charge in [-0.25, -0.2) is 8.42 Å². The topological polar surface area (TPSA) is 55.4 Å². The van der Waals surface area contributed by atoms with Gasteiger partial charge in [-0.05, 0) is 31.9 Å². The summed E-state index contributed by atoms with van der Waals surface area (Å²) in [4.78, 5) is 0. The highest BCUT2D eigenvalue weighted by Gasteiger charge is 2.30. The maximum atomic E-state index is 11.9. The van der Waals surface area contributed by atoms with Crippen LogP contribution in [0, 0.1) is 0 Å². The minimum absolute atomic E-state index is 0.233. The molecule has 0 spiro atoms. The molecule has 0 radical (unpaired) electrons. The SMILES string of the molecule is CCNC(c1cccc2c1OCCC2)C(C)S(C)(=O)=O. The highest BCUT2D eigenvalue weighted by molar-refractivity contribution is 7.91. The van der Waals surface area contributed by atoms with Crippen LogP contribution < -0.4 is 10.1 Å². The van der Waals surface area contributed by atoms with Crippen molar-refractivity contribution >= 4 is 9.84 Å². The number of para-hydroxylation sites is 1. The molecule has 1 aliphatic rings. The first-order chi connectivity index (χ1) is 9.45. The Hall–Kier alpha value is -1.07. The fourth-order valence-electron chi connectivity index (χ4n) is 2.66. The van der Waals surface area contributed by atoms with Crippen LogP contribution in [-0.4, -0.2) is 33.1 Å². The second-order valence-corrected chi connectivity index (χ2v) is 7.76. The highest BCUT2D eigenvalue weighted by Crippen LogP contribution is 2.35. The van der Waals surface area contributed by atoms with E-state index in [4.69, 9.17) is 4.74 Å². The number of aryl methyl sites for hydroxylation is 1. The van der Waals surface area contributed by atoms with Gasteiger partial charge < -0.3 is 10.1 Å². The molecule has 112 valence electrons. The molecule has 1 aliphatic heterocycles. The third kappa shape index (κ3) is 3.15. The second kappa shape index (κ2) is 6.14. The van der Waals surface area contributed by atoms with E-state index in [1.54, 1.807) is 6.92 Å². The van der Waals surface area contributed by atoms with E-state index in [-0.39, 0.29) is 6.04 Å². The lowest BCUT2D eigenvalue weighted by Gasteiger charge is -2.28. The number of hydrogen-bond acceptors (Lipinski definition) is 4. The van der Waals surface area contributed by atoms with Crippen molar-refractivity contribution < 1.29 is 13.2 Å². The summed E-state index contributed by atoms with van der Waals surface area (Å²) in [5.41, 5.74) is 2.14. The van der Waals surface area contributed by atoms with Crippen molar-refractivity contribution in [2.24, 2.45) is 0 Å². The molecular formula is C15H23NO3S. The van der Waals surface area contributed by atoms with Crippen LogP contribution >= 0.6 is 0 Å². The zero-order chi connectivity index (χ0) is 14.8. The first-order valence-electron chi connectivity index (χ1n) is 7.12. The number of sulfone groups is 1. The molecule has 2 unspecified atom stereocenters. The Morgan fingerprint density at radius 1 is 1.40 bits per heavy atom. The van der Waals surface area contributed by atoms with Gasteiger partial charge in [0.25, 0.3) is 0 Å². The Morgan fingerprint density at radius 3 is 2.80 bits per heavy atom. The molecule has 1 N–H and O–H groups in total. The summed E-state index contributed by atoms with van der Waals surface area (Å²) in [5.74, 6) is 0.875. The fourth-order valence-corrected chi connectivity index (χ4v) is 3.39. The van der Waals surface area contributed by atoms with E-state index in [2.05, 4.69) is 11.4 Å². The number of benzene rings is 1. The molecule has 2 atom stereocenters. The largest absolute Gasteiger partial charge is 0.493 e. The first-order valence-corrected chi connectivity index (χ1v) is 9.07. The molecule has 0 saturated carbocycles. The Bertz CT molecular complexity index is 568. The lowest BCUT2D eigenvalue weighted by Crippen LogP contribution is -2.35. The van der Waals surface area contributed by atoms with Gasteiger partial charge in [0.15, 0.2) is 9.84 Å². The summed E-state index contributed by atoms with van der Waals surface area (Å²) in [5, 5.41) is 2.81. The van der Waals surface area contributed by atoms with Gasteiger partial charge in [-0.1, -0.05) is 25.1 Å². The van der Waals surface area contributed by atoms with E-state index in [0.717, 1.165) is 24.2 Å². The standard InChI is InChI=1S/C15H23NO3S/c1-4-16-14(11(2)20(3,17)18)13-9-5-7-12-8-6-10-19-15(12)13/h5,7,9,11,14,16H,4,6,8,10H2,1-3H3. The molecule has 2 rings (SSSR count). The molecule has 1 aromatic rings. The van der Waals surface area contributed by atoms with Gasteiger partial charge in [0.05, 0.1) is 17.9 Å². The van der Waals surface area contributed by atoms with Gasteiger partial charge in [-0.2, -0.15) is 0 Å². The summed E-state index contributed by atoms with van der Waals surface area (Å²) < 4.78 is 29.6. The van der Waals surface area contributed by atoms with Crippen LogP contribution in [0.3, 0.4) is 0 Å². The number of nitrogens with one attached hydrogen (secondary N) is 1. The predicted octanol–water partition coefficient (Wildman–Crippen LogP) is 2.10. The second-order valence-electron chi connectivity index (χ2n) is 5.36. The minimum Gasteiger partial charge on any atom is -0.493 e. The Morgan fingerprint density at radius 2 is 2.15 bits per heavy atom. The van der Waals surface area contributed by atoms with Crippen molar-refractivity contribution in [1.82, 2.24) is 5.32 Å². The average molecular weight is 297 g/mol. The zero-order valence-corrected chi connectivity index (χ0v) is 13.2. The molecular weight excluding hydrogens is 274 g/mol. The van der Waals surface area contributed by atoms with E-state index in [1.807, 2.05) is 19.1 Å². The summed E-state index contributed by atoms with van der Waals surface area (Å²) in [7, 11) is -3.12. The Labute approximate surface area is 121 Å². The van der Waals surface area contributed by atoms with E-state index >= 15 is 0 Å². The number of rotatable bonds is 5. The molecule has 1 aromatic carbocycles. The normalized spacial score (nSPS) is 17.9. The van der Waals surface area contributed by atoms with Crippen LogP contribution in [0.5, 0.6) is 5.75 Å².